The summed E-state index contributed by atoms with van der Waals surface area (Å²) in [5.41, 5.74) is 0.436. The first-order chi connectivity index (χ1) is 9.04. The van der Waals surface area contributed by atoms with E-state index in [-0.39, 0.29) is 18.3 Å². The third-order valence-electron chi connectivity index (χ3n) is 2.33. The highest BCUT2D eigenvalue weighted by Gasteiger charge is 2.08. The fraction of sp³-hybridized carbons (Fsp3) is 0.385. The Morgan fingerprint density at radius 2 is 2.00 bits per heavy atom. The fourth-order valence-electron chi connectivity index (χ4n) is 1.41. The highest BCUT2D eigenvalue weighted by atomic mass is 35.5. The zero-order valence-electron chi connectivity index (χ0n) is 10.5. The molecule has 0 radical (unpaired) electrons. The lowest BCUT2D eigenvalue weighted by Gasteiger charge is -2.06. The Morgan fingerprint density at radius 1 is 1.26 bits per heavy atom. The summed E-state index contributed by atoms with van der Waals surface area (Å²) in [7, 11) is 0. The second kappa shape index (κ2) is 8.02. The molecule has 0 saturated heterocycles. The summed E-state index contributed by atoms with van der Waals surface area (Å²) in [4.78, 5) is 22.8. The average molecular weight is 304 g/mol. The van der Waals surface area contributed by atoms with Crippen LogP contribution in [-0.4, -0.2) is 25.0 Å². The van der Waals surface area contributed by atoms with Gasteiger partial charge in [0.25, 0.3) is 5.91 Å². The van der Waals surface area contributed by atoms with E-state index in [0.29, 0.717) is 35.2 Å². The molecular formula is C13H15Cl2NO3. The number of nitrogens with one attached hydrogen (secondary N) is 1. The highest BCUT2D eigenvalue weighted by Crippen LogP contribution is 2.22. The maximum atomic E-state index is 11.7. The van der Waals surface area contributed by atoms with Crippen LogP contribution in [0.15, 0.2) is 18.2 Å². The predicted octanol–water partition coefficient (Wildman–Crippen LogP) is 3.07. The van der Waals surface area contributed by atoms with E-state index in [1.807, 2.05) is 0 Å². The van der Waals surface area contributed by atoms with E-state index in [0.717, 1.165) is 0 Å². The number of rotatable bonds is 6. The molecule has 0 saturated carbocycles. The minimum atomic E-state index is -0.258. The first kappa shape index (κ1) is 15.8. The van der Waals surface area contributed by atoms with E-state index in [2.05, 4.69) is 5.32 Å². The van der Waals surface area contributed by atoms with Crippen LogP contribution in [0.3, 0.4) is 0 Å². The number of esters is 1. The molecule has 1 aromatic rings. The standard InChI is InChI=1S/C13H15Cl2NO3/c1-2-19-12(17)4-3-7-16-13(18)9-5-6-10(14)11(15)8-9/h5-6,8H,2-4,7H2,1H3,(H,16,18). The van der Waals surface area contributed by atoms with Gasteiger partial charge in [-0.05, 0) is 31.5 Å². The molecule has 0 aliphatic heterocycles. The third kappa shape index (κ3) is 5.49. The zero-order valence-corrected chi connectivity index (χ0v) is 12.1. The summed E-state index contributed by atoms with van der Waals surface area (Å²) in [5, 5.41) is 3.43. The van der Waals surface area contributed by atoms with Crippen molar-refractivity contribution in [2.75, 3.05) is 13.2 Å². The molecular weight excluding hydrogens is 289 g/mol. The fourth-order valence-corrected chi connectivity index (χ4v) is 1.71. The van der Waals surface area contributed by atoms with Crippen molar-refractivity contribution in [1.82, 2.24) is 5.32 Å². The monoisotopic (exact) mass is 303 g/mol. The van der Waals surface area contributed by atoms with E-state index in [1.54, 1.807) is 19.1 Å². The lowest BCUT2D eigenvalue weighted by atomic mass is 10.2. The quantitative estimate of drug-likeness (QED) is 0.649. The molecule has 0 fully saturated rings. The Morgan fingerprint density at radius 3 is 2.63 bits per heavy atom. The number of benzene rings is 1. The van der Waals surface area contributed by atoms with Crippen molar-refractivity contribution < 1.29 is 14.3 Å². The van der Waals surface area contributed by atoms with Crippen LogP contribution < -0.4 is 5.32 Å². The molecule has 104 valence electrons. The van der Waals surface area contributed by atoms with Gasteiger partial charge < -0.3 is 10.1 Å². The number of amides is 1. The highest BCUT2D eigenvalue weighted by molar-refractivity contribution is 6.42. The number of carbonyl (C=O) groups excluding carboxylic acids is 2. The Bertz CT molecular complexity index is 463. The van der Waals surface area contributed by atoms with Crippen LogP contribution in [0, 0.1) is 0 Å². The van der Waals surface area contributed by atoms with Gasteiger partial charge in [-0.25, -0.2) is 0 Å². The van der Waals surface area contributed by atoms with Crippen molar-refractivity contribution in [3.05, 3.63) is 33.8 Å². The third-order valence-corrected chi connectivity index (χ3v) is 3.07. The molecule has 6 heteroatoms. The molecule has 0 aromatic heterocycles. The number of hydrogen-bond donors (Lipinski definition) is 1. The number of hydrogen-bond acceptors (Lipinski definition) is 3. The number of halogens is 2. The molecule has 0 spiro atoms. The van der Waals surface area contributed by atoms with Gasteiger partial charge in [-0.3, -0.25) is 9.59 Å². The van der Waals surface area contributed by atoms with Crippen LogP contribution >= 0.6 is 23.2 Å². The van der Waals surface area contributed by atoms with E-state index in [4.69, 9.17) is 27.9 Å². The summed E-state index contributed by atoms with van der Waals surface area (Å²) < 4.78 is 4.78. The van der Waals surface area contributed by atoms with Crippen LogP contribution in [0.2, 0.25) is 10.0 Å². The second-order valence-electron chi connectivity index (χ2n) is 3.79. The van der Waals surface area contributed by atoms with Gasteiger partial charge >= 0.3 is 5.97 Å². The Labute approximate surface area is 122 Å². The van der Waals surface area contributed by atoms with Crippen molar-refractivity contribution in [2.45, 2.75) is 19.8 Å². The first-order valence-corrected chi connectivity index (χ1v) is 6.69. The molecule has 0 aliphatic carbocycles. The molecule has 1 rings (SSSR count). The molecule has 0 bridgehead atoms. The van der Waals surface area contributed by atoms with Gasteiger partial charge in [-0.1, -0.05) is 23.2 Å². The second-order valence-corrected chi connectivity index (χ2v) is 4.61. The largest absolute Gasteiger partial charge is 0.466 e. The zero-order chi connectivity index (χ0) is 14.3. The molecule has 4 nitrogen and oxygen atoms in total. The van der Waals surface area contributed by atoms with Gasteiger partial charge in [0.15, 0.2) is 0 Å². The average Bonchev–Trinajstić information content (AvgIpc) is 2.38. The van der Waals surface area contributed by atoms with Gasteiger partial charge in [-0.2, -0.15) is 0 Å². The summed E-state index contributed by atoms with van der Waals surface area (Å²) in [6.45, 7) is 2.52. The smallest absolute Gasteiger partial charge is 0.305 e. The van der Waals surface area contributed by atoms with E-state index in [1.165, 1.54) is 6.07 Å². The van der Waals surface area contributed by atoms with E-state index < -0.39 is 0 Å². The first-order valence-electron chi connectivity index (χ1n) is 5.93. The van der Waals surface area contributed by atoms with Gasteiger partial charge in [0.1, 0.15) is 0 Å². The summed E-state index contributed by atoms with van der Waals surface area (Å²) in [5.74, 6) is -0.506. The number of ether oxygens (including phenoxy) is 1. The molecule has 0 atom stereocenters. The van der Waals surface area contributed by atoms with Crippen molar-refractivity contribution in [3.63, 3.8) is 0 Å². The minimum Gasteiger partial charge on any atom is -0.466 e. The van der Waals surface area contributed by atoms with Crippen LogP contribution in [0.5, 0.6) is 0 Å². The Hall–Kier alpha value is -1.26. The summed E-state index contributed by atoms with van der Waals surface area (Å²) in [6.07, 6.45) is 0.821. The van der Waals surface area contributed by atoms with Gasteiger partial charge in [-0.15, -0.1) is 0 Å². The van der Waals surface area contributed by atoms with E-state index in [9.17, 15) is 9.59 Å². The van der Waals surface area contributed by atoms with Gasteiger partial charge in [0, 0.05) is 18.5 Å². The predicted molar refractivity (Wildman–Crippen MR) is 74.7 cm³/mol. The van der Waals surface area contributed by atoms with Crippen molar-refractivity contribution in [3.8, 4) is 0 Å². The summed E-state index contributed by atoms with van der Waals surface area (Å²) >= 11 is 11.6. The van der Waals surface area contributed by atoms with Gasteiger partial charge in [0.05, 0.1) is 16.7 Å². The molecule has 0 heterocycles. The van der Waals surface area contributed by atoms with Crippen molar-refractivity contribution >= 4 is 35.1 Å². The molecule has 1 amide bonds. The van der Waals surface area contributed by atoms with Gasteiger partial charge in [0.2, 0.25) is 0 Å². The van der Waals surface area contributed by atoms with Crippen LogP contribution in [0.1, 0.15) is 30.1 Å². The molecule has 1 N–H and O–H groups in total. The SMILES string of the molecule is CCOC(=O)CCCNC(=O)c1ccc(Cl)c(Cl)c1. The summed E-state index contributed by atoms with van der Waals surface area (Å²) in [6, 6.07) is 4.66. The number of carbonyl (C=O) groups is 2. The Kier molecular flexibility index (Phi) is 6.67. The van der Waals surface area contributed by atoms with Crippen LogP contribution in [0.25, 0.3) is 0 Å². The van der Waals surface area contributed by atoms with Crippen LogP contribution in [0.4, 0.5) is 0 Å². The molecule has 19 heavy (non-hydrogen) atoms. The van der Waals surface area contributed by atoms with E-state index >= 15 is 0 Å². The van der Waals surface area contributed by atoms with Crippen LogP contribution in [-0.2, 0) is 9.53 Å². The maximum Gasteiger partial charge on any atom is 0.305 e. The Balaban J connectivity index is 2.35. The maximum absolute atomic E-state index is 11.7. The lowest BCUT2D eigenvalue weighted by molar-refractivity contribution is -0.143. The normalized spacial score (nSPS) is 10.1. The van der Waals surface area contributed by atoms with Crippen molar-refractivity contribution in [1.29, 1.82) is 0 Å². The molecule has 1 aromatic carbocycles. The lowest BCUT2D eigenvalue weighted by Crippen LogP contribution is -2.25. The minimum absolute atomic E-state index is 0.248. The molecule has 0 unspecified atom stereocenters. The topological polar surface area (TPSA) is 55.4 Å². The van der Waals surface area contributed by atoms with Crippen molar-refractivity contribution in [2.24, 2.45) is 0 Å². The molecule has 0 aliphatic rings.